The first-order valence-corrected chi connectivity index (χ1v) is 6.35. The van der Waals surface area contributed by atoms with Gasteiger partial charge in [0, 0.05) is 16.1 Å². The van der Waals surface area contributed by atoms with Crippen molar-refractivity contribution in [3.63, 3.8) is 0 Å². The number of nitrogens with zero attached hydrogens (tertiary/aromatic N) is 2. The molecule has 0 N–H and O–H groups in total. The minimum atomic E-state index is -0.525. The number of pyridine rings is 2. The summed E-state index contributed by atoms with van der Waals surface area (Å²) >= 11 is 3.14. The second-order valence-corrected chi connectivity index (χ2v) is 4.82. The van der Waals surface area contributed by atoms with Gasteiger partial charge in [-0.1, -0.05) is 18.2 Å². The van der Waals surface area contributed by atoms with E-state index in [9.17, 15) is 4.39 Å². The number of rotatable bonds is 2. The molecule has 0 radical (unpaired) electrons. The van der Waals surface area contributed by atoms with Crippen molar-refractivity contribution in [2.24, 2.45) is 0 Å². The van der Waals surface area contributed by atoms with E-state index in [1.807, 2.05) is 24.3 Å². The van der Waals surface area contributed by atoms with Gasteiger partial charge in [-0.15, -0.1) is 0 Å². The van der Waals surface area contributed by atoms with E-state index in [0.29, 0.717) is 10.2 Å². The lowest BCUT2D eigenvalue weighted by molar-refractivity contribution is 0.421. The Kier molecular flexibility index (Phi) is 3.13. The van der Waals surface area contributed by atoms with Crippen LogP contribution in [0.3, 0.4) is 0 Å². The van der Waals surface area contributed by atoms with E-state index in [0.717, 1.165) is 10.9 Å². The first-order chi connectivity index (χ1) is 9.22. The molecule has 0 saturated carbocycles. The molecule has 0 aliphatic rings. The smallest absolute Gasteiger partial charge is 0.256 e. The van der Waals surface area contributed by atoms with E-state index >= 15 is 0 Å². The number of para-hydroxylation sites is 1. The van der Waals surface area contributed by atoms with Crippen LogP contribution in [0.4, 0.5) is 4.39 Å². The zero-order chi connectivity index (χ0) is 13.2. The lowest BCUT2D eigenvalue weighted by Crippen LogP contribution is -1.92. The molecular weight excluding hydrogens is 311 g/mol. The van der Waals surface area contributed by atoms with Crippen LogP contribution in [0.1, 0.15) is 0 Å². The molecule has 2 heterocycles. The molecule has 0 aliphatic carbocycles. The lowest BCUT2D eigenvalue weighted by Gasteiger charge is -2.06. The van der Waals surface area contributed by atoms with Gasteiger partial charge in [-0.2, -0.15) is 0 Å². The van der Waals surface area contributed by atoms with Gasteiger partial charge in [0.05, 0.1) is 11.7 Å². The number of halogens is 2. The van der Waals surface area contributed by atoms with E-state index in [1.165, 1.54) is 12.3 Å². The molecule has 0 saturated heterocycles. The molecule has 3 aromatic rings. The quantitative estimate of drug-likeness (QED) is 0.705. The first kappa shape index (κ1) is 12.0. The van der Waals surface area contributed by atoms with Crippen molar-refractivity contribution in [2.75, 3.05) is 0 Å². The highest BCUT2D eigenvalue weighted by molar-refractivity contribution is 9.10. The number of fused-ring (bicyclic) bond motifs is 1. The van der Waals surface area contributed by atoms with Gasteiger partial charge in [-0.3, -0.25) is 4.98 Å². The predicted octanol–water partition coefficient (Wildman–Crippen LogP) is 4.32. The van der Waals surface area contributed by atoms with Gasteiger partial charge in [0.1, 0.15) is 5.75 Å². The van der Waals surface area contributed by atoms with Gasteiger partial charge in [0.25, 0.3) is 5.88 Å². The molecule has 0 aliphatic heterocycles. The second-order valence-electron chi connectivity index (χ2n) is 3.91. The van der Waals surface area contributed by atoms with Crippen molar-refractivity contribution in [3.8, 4) is 11.6 Å². The first-order valence-electron chi connectivity index (χ1n) is 5.56. The van der Waals surface area contributed by atoms with Crippen molar-refractivity contribution in [1.29, 1.82) is 0 Å². The summed E-state index contributed by atoms with van der Waals surface area (Å²) in [6.07, 6.45) is 3.03. The largest absolute Gasteiger partial charge is 0.435 e. The number of hydrogen-bond donors (Lipinski definition) is 0. The fourth-order valence-electron chi connectivity index (χ4n) is 1.70. The number of aromatic nitrogens is 2. The van der Waals surface area contributed by atoms with Gasteiger partial charge in [0.15, 0.2) is 5.82 Å². The number of benzene rings is 1. The van der Waals surface area contributed by atoms with Gasteiger partial charge in [-0.05, 0) is 34.1 Å². The van der Waals surface area contributed by atoms with Crippen LogP contribution in [-0.2, 0) is 0 Å². The maximum absolute atomic E-state index is 13.6. The van der Waals surface area contributed by atoms with E-state index in [4.69, 9.17) is 4.74 Å². The summed E-state index contributed by atoms with van der Waals surface area (Å²) in [4.78, 5) is 8.12. The molecule has 0 amide bonds. The summed E-state index contributed by atoms with van der Waals surface area (Å²) in [6.45, 7) is 0. The molecule has 2 aromatic heterocycles. The standard InChI is InChI=1S/C14H8BrFN2O/c15-10-6-12(16)14(18-7-10)19-11-5-9-3-1-2-4-13(9)17-8-11/h1-8H. The van der Waals surface area contributed by atoms with Crippen LogP contribution in [0.15, 0.2) is 53.3 Å². The molecule has 0 unspecified atom stereocenters. The van der Waals surface area contributed by atoms with Crippen LogP contribution < -0.4 is 4.74 Å². The molecule has 0 atom stereocenters. The SMILES string of the molecule is Fc1cc(Br)cnc1Oc1cnc2ccccc2c1. The summed E-state index contributed by atoms with van der Waals surface area (Å²) in [5.74, 6) is -0.143. The van der Waals surface area contributed by atoms with Crippen molar-refractivity contribution < 1.29 is 9.13 Å². The molecule has 94 valence electrons. The van der Waals surface area contributed by atoms with Crippen molar-refractivity contribution in [2.45, 2.75) is 0 Å². The number of ether oxygens (including phenoxy) is 1. The maximum atomic E-state index is 13.6. The minimum absolute atomic E-state index is 0.0692. The van der Waals surface area contributed by atoms with Crippen LogP contribution in [0, 0.1) is 5.82 Å². The predicted molar refractivity (Wildman–Crippen MR) is 73.7 cm³/mol. The zero-order valence-electron chi connectivity index (χ0n) is 9.68. The Hall–Kier alpha value is -2.01. The monoisotopic (exact) mass is 318 g/mol. The third-order valence-corrected chi connectivity index (χ3v) is 2.99. The summed E-state index contributed by atoms with van der Waals surface area (Å²) in [5.41, 5.74) is 0.860. The van der Waals surface area contributed by atoms with Crippen molar-refractivity contribution in [1.82, 2.24) is 9.97 Å². The van der Waals surface area contributed by atoms with Crippen LogP contribution in [0.2, 0.25) is 0 Å². The van der Waals surface area contributed by atoms with Crippen LogP contribution in [-0.4, -0.2) is 9.97 Å². The Morgan fingerprint density at radius 1 is 1.05 bits per heavy atom. The minimum Gasteiger partial charge on any atom is -0.435 e. The molecule has 5 heteroatoms. The van der Waals surface area contributed by atoms with Gasteiger partial charge in [-0.25, -0.2) is 9.37 Å². The zero-order valence-corrected chi connectivity index (χ0v) is 11.3. The average Bonchev–Trinajstić information content (AvgIpc) is 2.42. The molecule has 0 bridgehead atoms. The van der Waals surface area contributed by atoms with Crippen LogP contribution in [0.5, 0.6) is 11.6 Å². The van der Waals surface area contributed by atoms with E-state index in [-0.39, 0.29) is 5.88 Å². The molecule has 3 rings (SSSR count). The molecule has 1 aromatic carbocycles. The van der Waals surface area contributed by atoms with E-state index < -0.39 is 5.82 Å². The Morgan fingerprint density at radius 3 is 2.74 bits per heavy atom. The summed E-state index contributed by atoms with van der Waals surface area (Å²) in [6, 6.07) is 10.7. The second kappa shape index (κ2) is 4.93. The van der Waals surface area contributed by atoms with E-state index in [2.05, 4.69) is 25.9 Å². The Morgan fingerprint density at radius 2 is 1.89 bits per heavy atom. The lowest BCUT2D eigenvalue weighted by atomic mass is 10.2. The summed E-state index contributed by atoms with van der Waals surface area (Å²) < 4.78 is 19.6. The molecule has 3 nitrogen and oxygen atoms in total. The molecule has 0 fully saturated rings. The fraction of sp³-hybridized carbons (Fsp3) is 0. The third kappa shape index (κ3) is 2.56. The average molecular weight is 319 g/mol. The Labute approximate surface area is 117 Å². The van der Waals surface area contributed by atoms with Gasteiger partial charge >= 0.3 is 0 Å². The normalized spacial score (nSPS) is 10.6. The van der Waals surface area contributed by atoms with Crippen molar-refractivity contribution >= 4 is 26.8 Å². The molecule has 19 heavy (non-hydrogen) atoms. The maximum Gasteiger partial charge on any atom is 0.256 e. The highest BCUT2D eigenvalue weighted by Crippen LogP contribution is 2.25. The number of hydrogen-bond acceptors (Lipinski definition) is 3. The van der Waals surface area contributed by atoms with Gasteiger partial charge in [0.2, 0.25) is 0 Å². The van der Waals surface area contributed by atoms with Crippen molar-refractivity contribution in [3.05, 3.63) is 59.1 Å². The van der Waals surface area contributed by atoms with E-state index in [1.54, 1.807) is 12.3 Å². The fourth-order valence-corrected chi connectivity index (χ4v) is 2.00. The van der Waals surface area contributed by atoms with Crippen LogP contribution in [0.25, 0.3) is 10.9 Å². The third-order valence-electron chi connectivity index (χ3n) is 2.55. The topological polar surface area (TPSA) is 35.0 Å². The summed E-state index contributed by atoms with van der Waals surface area (Å²) in [7, 11) is 0. The highest BCUT2D eigenvalue weighted by Gasteiger charge is 2.08. The van der Waals surface area contributed by atoms with Crippen LogP contribution >= 0.6 is 15.9 Å². The Balaban J connectivity index is 1.96. The Bertz CT molecular complexity index is 748. The molecular formula is C14H8BrFN2O. The van der Waals surface area contributed by atoms with Gasteiger partial charge < -0.3 is 4.74 Å². The highest BCUT2D eigenvalue weighted by atomic mass is 79.9. The summed E-state index contributed by atoms with van der Waals surface area (Å²) in [5, 5.41) is 0.928. The molecule has 0 spiro atoms.